The average Bonchev–Trinajstić information content (AvgIpc) is 2.71. The van der Waals surface area contributed by atoms with Crippen LogP contribution in [0.5, 0.6) is 0 Å². The molecule has 0 aliphatic heterocycles. The fraction of sp³-hybridized carbons (Fsp3) is 0.692. The summed E-state index contributed by atoms with van der Waals surface area (Å²) in [6.07, 6.45) is 14.1. The van der Waals surface area contributed by atoms with Gasteiger partial charge in [0.2, 0.25) is 0 Å². The van der Waals surface area contributed by atoms with E-state index in [4.69, 9.17) is 0 Å². The van der Waals surface area contributed by atoms with Gasteiger partial charge in [-0.3, -0.25) is 0 Å². The molecule has 93 valence electrons. The first-order chi connectivity index (χ1) is 6.88. The summed E-state index contributed by atoms with van der Waals surface area (Å²) in [5, 5.41) is 0. The first-order valence-electron chi connectivity index (χ1n) is 6.09. The molecular weight excluding hydrogens is 318 g/mol. The summed E-state index contributed by atoms with van der Waals surface area (Å²) in [6.45, 7) is 4.64. The predicted octanol–water partition coefficient (Wildman–Crippen LogP) is -1.11. The summed E-state index contributed by atoms with van der Waals surface area (Å²) < 4.78 is 5.09. The Morgan fingerprint density at radius 2 is 1.62 bits per heavy atom. The number of unbranched alkanes of at least 4 members (excludes halogenated alkanes) is 2. The molecule has 1 aliphatic rings. The Hall–Kier alpha value is 0.943. The van der Waals surface area contributed by atoms with Gasteiger partial charge in [0.25, 0.3) is 0 Å². The van der Waals surface area contributed by atoms with Crippen molar-refractivity contribution in [3.05, 3.63) is 21.5 Å². The second-order valence-electron chi connectivity index (χ2n) is 4.13. The average molecular weight is 341 g/mol. The molecule has 0 atom stereocenters. The van der Waals surface area contributed by atoms with Crippen molar-refractivity contribution >= 4 is 0 Å². The zero-order valence-electron chi connectivity index (χ0n) is 10.4. The minimum Gasteiger partial charge on any atom is -1.00 e. The molecule has 0 saturated heterocycles. The van der Waals surface area contributed by atoms with Crippen LogP contribution in [0.25, 0.3) is 0 Å². The van der Waals surface area contributed by atoms with Gasteiger partial charge in [-0.1, -0.05) is 0 Å². The van der Waals surface area contributed by atoms with Crippen molar-refractivity contribution in [3.8, 4) is 0 Å². The predicted molar refractivity (Wildman–Crippen MR) is 61.3 cm³/mol. The molecule has 0 nitrogen and oxygen atoms in total. The number of hydrogen-bond acceptors (Lipinski definition) is 0. The molecule has 0 heterocycles. The third-order valence-corrected chi connectivity index (χ3v) is 10.7. The Bertz CT molecular complexity index is 204. The van der Waals surface area contributed by atoms with Crippen LogP contribution < -0.4 is 24.8 Å². The van der Waals surface area contributed by atoms with Crippen LogP contribution in [0.1, 0.15) is 46.0 Å². The molecule has 0 saturated carbocycles. The van der Waals surface area contributed by atoms with Gasteiger partial charge < -0.3 is 24.8 Å². The largest absolute Gasteiger partial charge is 1.00 e. The standard InChI is InChI=1S/C5H5.2C4H9.2ClH.Zr/c1-2-4-5-3-1;2*1-3-4-2;;;/h1-3H,4H2;2*1,3-4H2,2H3;2*1H;/q;;;;;+2/p-2. The van der Waals surface area contributed by atoms with Crippen molar-refractivity contribution in [2.24, 2.45) is 0 Å². The number of halogens is 2. The Kier molecular flexibility index (Phi) is 14.9. The number of hydrogen-bond donors (Lipinski definition) is 0. The summed E-state index contributed by atoms with van der Waals surface area (Å²) in [7, 11) is 0. The van der Waals surface area contributed by atoms with Crippen molar-refractivity contribution in [1.29, 1.82) is 0 Å². The van der Waals surface area contributed by atoms with Gasteiger partial charge in [-0.25, -0.2) is 0 Å². The van der Waals surface area contributed by atoms with Gasteiger partial charge in [0.15, 0.2) is 0 Å². The van der Waals surface area contributed by atoms with E-state index >= 15 is 0 Å². The quantitative estimate of drug-likeness (QED) is 0.551. The molecule has 3 heteroatoms. The molecule has 0 fully saturated rings. The van der Waals surface area contributed by atoms with E-state index in [1.165, 1.54) is 32.1 Å². The van der Waals surface area contributed by atoms with Crippen molar-refractivity contribution in [2.45, 2.75) is 54.2 Å². The maximum absolute atomic E-state index is 2.43. The third kappa shape index (κ3) is 7.30. The molecule has 0 spiro atoms. The molecule has 0 N–H and O–H groups in total. The fourth-order valence-electron chi connectivity index (χ4n) is 1.94. The van der Waals surface area contributed by atoms with Crippen LogP contribution >= 0.6 is 0 Å². The Morgan fingerprint density at radius 3 is 2.00 bits per heavy atom. The van der Waals surface area contributed by atoms with Crippen molar-refractivity contribution in [1.82, 2.24) is 0 Å². The molecule has 0 bridgehead atoms. The van der Waals surface area contributed by atoms with Crippen LogP contribution in [0.15, 0.2) is 21.5 Å². The van der Waals surface area contributed by atoms with Gasteiger partial charge in [-0.2, -0.15) is 0 Å². The van der Waals surface area contributed by atoms with E-state index in [0.717, 1.165) is 0 Å². The summed E-state index contributed by atoms with van der Waals surface area (Å²) in [4.78, 5) is 0. The summed E-state index contributed by atoms with van der Waals surface area (Å²) in [5.41, 5.74) is 0. The smallest absolute Gasteiger partial charge is 1.00 e. The van der Waals surface area contributed by atoms with Gasteiger partial charge in [-0.15, -0.1) is 0 Å². The van der Waals surface area contributed by atoms with Crippen LogP contribution in [0.3, 0.4) is 0 Å². The molecule has 0 amide bonds. The molecule has 0 radical (unpaired) electrons. The molecule has 0 aromatic rings. The molecule has 0 aromatic heterocycles. The van der Waals surface area contributed by atoms with E-state index in [1.54, 1.807) is 8.26 Å². The normalized spacial score (nSPS) is 12.8. The monoisotopic (exact) mass is 339 g/mol. The van der Waals surface area contributed by atoms with Gasteiger partial charge >= 0.3 is 97.5 Å². The minimum atomic E-state index is -1.11. The number of rotatable bonds is 7. The Morgan fingerprint density at radius 1 is 1.06 bits per heavy atom. The molecular formula is C13H23Cl2Zr. The Balaban J connectivity index is 0. The molecule has 1 rings (SSSR count). The summed E-state index contributed by atoms with van der Waals surface area (Å²) in [6, 6.07) is 0. The summed E-state index contributed by atoms with van der Waals surface area (Å²) >= 11 is -1.11. The van der Waals surface area contributed by atoms with E-state index < -0.39 is 21.8 Å². The first kappa shape index (κ1) is 19.3. The first-order valence-corrected chi connectivity index (χ1v) is 10.8. The fourth-order valence-corrected chi connectivity index (χ4v) is 9.78. The maximum atomic E-state index is 2.43. The number of allylic oxidation sites excluding steroid dienone is 4. The molecule has 16 heavy (non-hydrogen) atoms. The minimum absolute atomic E-state index is 0. The van der Waals surface area contributed by atoms with Crippen molar-refractivity contribution < 1.29 is 46.6 Å². The van der Waals surface area contributed by atoms with E-state index in [1.807, 2.05) is 3.28 Å². The van der Waals surface area contributed by atoms with Crippen LogP contribution in [0, 0.1) is 0 Å². The van der Waals surface area contributed by atoms with Gasteiger partial charge in [0.1, 0.15) is 0 Å². The SMILES string of the molecule is CCC[CH2][Zr+2]([CH2]CCC)[C]1=CC=CC1.[Cl-].[Cl-]. The van der Waals surface area contributed by atoms with E-state index in [9.17, 15) is 0 Å². The van der Waals surface area contributed by atoms with Crippen LogP contribution in [0.4, 0.5) is 0 Å². The van der Waals surface area contributed by atoms with Crippen LogP contribution in [-0.2, 0) is 21.8 Å². The van der Waals surface area contributed by atoms with E-state index in [2.05, 4.69) is 32.1 Å². The second kappa shape index (κ2) is 12.4. The topological polar surface area (TPSA) is 0 Å². The van der Waals surface area contributed by atoms with Gasteiger partial charge in [-0.05, 0) is 0 Å². The maximum Gasteiger partial charge on any atom is -1.00 e. The zero-order valence-corrected chi connectivity index (χ0v) is 14.4. The molecule has 1 aliphatic carbocycles. The second-order valence-corrected chi connectivity index (χ2v) is 11.1. The zero-order chi connectivity index (χ0) is 10.2. The van der Waals surface area contributed by atoms with Gasteiger partial charge in [0.05, 0.1) is 0 Å². The molecule has 0 unspecified atom stereocenters. The Labute approximate surface area is 121 Å². The van der Waals surface area contributed by atoms with Crippen molar-refractivity contribution in [2.75, 3.05) is 0 Å². The third-order valence-electron chi connectivity index (χ3n) is 2.89. The summed E-state index contributed by atoms with van der Waals surface area (Å²) in [5.74, 6) is 0. The van der Waals surface area contributed by atoms with Crippen LogP contribution in [-0.4, -0.2) is 0 Å². The molecule has 0 aromatic carbocycles. The van der Waals surface area contributed by atoms with Gasteiger partial charge in [0, 0.05) is 0 Å². The van der Waals surface area contributed by atoms with E-state index in [-0.39, 0.29) is 24.8 Å². The van der Waals surface area contributed by atoms with Crippen LogP contribution in [0.2, 0.25) is 8.26 Å². The van der Waals surface area contributed by atoms with Crippen molar-refractivity contribution in [3.63, 3.8) is 0 Å². The van der Waals surface area contributed by atoms with E-state index in [0.29, 0.717) is 0 Å².